The second-order valence-corrected chi connectivity index (χ2v) is 3.51. The van der Waals surface area contributed by atoms with Crippen molar-refractivity contribution in [3.8, 4) is 0 Å². The van der Waals surface area contributed by atoms with E-state index in [1.807, 2.05) is 0 Å². The Morgan fingerprint density at radius 2 is 1.86 bits per heavy atom. The molecular weight excluding hydrogens is 193 g/mol. The summed E-state index contributed by atoms with van der Waals surface area (Å²) < 4.78 is 38.9. The number of nitrogens with two attached hydrogens (primary N) is 1. The summed E-state index contributed by atoms with van der Waals surface area (Å²) in [6.07, 6.45) is 0. The van der Waals surface area contributed by atoms with Crippen LogP contribution in [-0.4, -0.2) is 13.1 Å². The van der Waals surface area contributed by atoms with E-state index in [-0.39, 0.29) is 5.56 Å². The number of hydrogen-bond acceptors (Lipinski definition) is 2. The second kappa shape index (κ2) is 2.96. The minimum absolute atomic E-state index is 0.103. The van der Waals surface area contributed by atoms with E-state index in [1.165, 1.54) is 0 Å². The van der Waals surface area contributed by atoms with E-state index in [9.17, 15) is 13.2 Å². The Labute approximate surface area is 78.9 Å². The van der Waals surface area contributed by atoms with Crippen molar-refractivity contribution in [1.82, 2.24) is 5.32 Å². The van der Waals surface area contributed by atoms with Gasteiger partial charge in [-0.05, 0) is 6.07 Å². The number of benzene rings is 1. The maximum atomic E-state index is 13.2. The molecule has 1 saturated heterocycles. The topological polar surface area (TPSA) is 38.0 Å². The van der Waals surface area contributed by atoms with Crippen LogP contribution in [0.25, 0.3) is 0 Å². The lowest BCUT2D eigenvalue weighted by Gasteiger charge is -2.39. The molecule has 0 atom stereocenters. The maximum absolute atomic E-state index is 13.2. The minimum atomic E-state index is -1.20. The molecule has 0 radical (unpaired) electrons. The molecule has 1 fully saturated rings. The molecule has 2 nitrogen and oxygen atoms in total. The van der Waals surface area contributed by atoms with Crippen LogP contribution < -0.4 is 11.1 Å². The van der Waals surface area contributed by atoms with Gasteiger partial charge in [-0.15, -0.1) is 0 Å². The first kappa shape index (κ1) is 9.48. The van der Waals surface area contributed by atoms with E-state index in [4.69, 9.17) is 5.73 Å². The van der Waals surface area contributed by atoms with Crippen LogP contribution in [0.5, 0.6) is 0 Å². The molecule has 0 bridgehead atoms. The van der Waals surface area contributed by atoms with Crippen molar-refractivity contribution in [3.63, 3.8) is 0 Å². The highest BCUT2D eigenvalue weighted by Gasteiger charge is 2.37. The average Bonchev–Trinajstić information content (AvgIpc) is 2.07. The van der Waals surface area contributed by atoms with Crippen molar-refractivity contribution in [3.05, 3.63) is 35.1 Å². The molecule has 0 spiro atoms. The van der Waals surface area contributed by atoms with E-state index >= 15 is 0 Å². The summed E-state index contributed by atoms with van der Waals surface area (Å²) in [6.45, 7) is 0.652. The van der Waals surface area contributed by atoms with E-state index in [0.717, 1.165) is 6.07 Å². The summed E-state index contributed by atoms with van der Waals surface area (Å²) in [4.78, 5) is 0. The molecule has 5 heteroatoms. The van der Waals surface area contributed by atoms with Crippen LogP contribution in [0.4, 0.5) is 13.2 Å². The van der Waals surface area contributed by atoms with Gasteiger partial charge in [0.15, 0.2) is 11.6 Å². The predicted molar refractivity (Wildman–Crippen MR) is 45.1 cm³/mol. The van der Waals surface area contributed by atoms with Gasteiger partial charge in [0.2, 0.25) is 0 Å². The normalized spacial score (nSPS) is 19.1. The largest absolute Gasteiger partial charge is 0.319 e. The van der Waals surface area contributed by atoms with Crippen LogP contribution in [0.1, 0.15) is 5.56 Å². The molecule has 2 rings (SSSR count). The van der Waals surface area contributed by atoms with E-state index < -0.39 is 23.0 Å². The van der Waals surface area contributed by atoms with Crippen molar-refractivity contribution >= 4 is 0 Å². The fourth-order valence-corrected chi connectivity index (χ4v) is 1.50. The highest BCUT2D eigenvalue weighted by Crippen LogP contribution is 2.27. The maximum Gasteiger partial charge on any atom is 0.164 e. The van der Waals surface area contributed by atoms with Gasteiger partial charge >= 0.3 is 0 Å². The van der Waals surface area contributed by atoms with Crippen LogP contribution in [0.15, 0.2) is 12.1 Å². The van der Waals surface area contributed by atoms with Crippen LogP contribution in [-0.2, 0) is 5.54 Å². The van der Waals surface area contributed by atoms with Crippen molar-refractivity contribution < 1.29 is 13.2 Å². The molecule has 1 aromatic rings. The summed E-state index contributed by atoms with van der Waals surface area (Å²) in [5.41, 5.74) is 4.64. The minimum Gasteiger partial charge on any atom is -0.319 e. The van der Waals surface area contributed by atoms with Gasteiger partial charge in [-0.2, -0.15) is 0 Å². The monoisotopic (exact) mass is 202 g/mol. The van der Waals surface area contributed by atoms with Crippen molar-refractivity contribution in [2.75, 3.05) is 13.1 Å². The Morgan fingerprint density at radius 1 is 1.21 bits per heavy atom. The van der Waals surface area contributed by atoms with Crippen LogP contribution in [0.2, 0.25) is 0 Å². The smallest absolute Gasteiger partial charge is 0.164 e. The van der Waals surface area contributed by atoms with Gasteiger partial charge < -0.3 is 11.1 Å². The third-order valence-electron chi connectivity index (χ3n) is 2.41. The molecule has 0 unspecified atom stereocenters. The van der Waals surface area contributed by atoms with E-state index in [2.05, 4.69) is 5.32 Å². The van der Waals surface area contributed by atoms with Gasteiger partial charge in [-0.3, -0.25) is 0 Å². The fraction of sp³-hybridized carbons (Fsp3) is 0.333. The van der Waals surface area contributed by atoms with Gasteiger partial charge in [0, 0.05) is 24.7 Å². The first-order valence-electron chi connectivity index (χ1n) is 4.17. The van der Waals surface area contributed by atoms with Crippen LogP contribution >= 0.6 is 0 Å². The van der Waals surface area contributed by atoms with Crippen LogP contribution in [0.3, 0.4) is 0 Å². The zero-order chi connectivity index (χ0) is 10.3. The van der Waals surface area contributed by atoms with Crippen molar-refractivity contribution in [2.24, 2.45) is 5.73 Å². The number of nitrogens with one attached hydrogen (secondary N) is 1. The molecule has 1 aliphatic heterocycles. The van der Waals surface area contributed by atoms with E-state index in [1.54, 1.807) is 0 Å². The van der Waals surface area contributed by atoms with Gasteiger partial charge in [-0.25, -0.2) is 13.2 Å². The number of hydrogen-bond donors (Lipinski definition) is 2. The Bertz CT molecular complexity index is 375. The Balaban J connectivity index is 2.51. The molecule has 0 aliphatic carbocycles. The lowest BCUT2D eigenvalue weighted by Crippen LogP contribution is -2.63. The molecule has 1 aliphatic rings. The lowest BCUT2D eigenvalue weighted by atomic mass is 9.85. The van der Waals surface area contributed by atoms with Gasteiger partial charge in [0.05, 0.1) is 5.54 Å². The molecule has 1 heterocycles. The highest BCUT2D eigenvalue weighted by atomic mass is 19.2. The standard InChI is InChI=1S/C9H9F3N2/c10-5-1-6(8(12)7(11)2-5)9(13)3-14-4-9/h1-2,14H,3-4,13H2. The molecule has 0 aromatic heterocycles. The van der Waals surface area contributed by atoms with Gasteiger partial charge in [0.25, 0.3) is 0 Å². The van der Waals surface area contributed by atoms with Gasteiger partial charge in [-0.1, -0.05) is 0 Å². The number of halogens is 3. The summed E-state index contributed by atoms with van der Waals surface area (Å²) in [5.74, 6) is -3.07. The SMILES string of the molecule is NC1(c2cc(F)cc(F)c2F)CNC1. The lowest BCUT2D eigenvalue weighted by molar-refractivity contribution is 0.272. The zero-order valence-electron chi connectivity index (χ0n) is 7.28. The first-order chi connectivity index (χ1) is 6.53. The van der Waals surface area contributed by atoms with E-state index in [0.29, 0.717) is 19.2 Å². The quantitative estimate of drug-likeness (QED) is 0.663. The number of rotatable bonds is 1. The molecule has 1 aromatic carbocycles. The molecule has 14 heavy (non-hydrogen) atoms. The second-order valence-electron chi connectivity index (χ2n) is 3.51. The third-order valence-corrected chi connectivity index (χ3v) is 2.41. The van der Waals surface area contributed by atoms with Crippen LogP contribution in [0, 0.1) is 17.5 Å². The van der Waals surface area contributed by atoms with Crippen molar-refractivity contribution in [2.45, 2.75) is 5.54 Å². The first-order valence-corrected chi connectivity index (χ1v) is 4.17. The van der Waals surface area contributed by atoms with Gasteiger partial charge in [0.1, 0.15) is 5.82 Å². The Hall–Kier alpha value is -1.07. The average molecular weight is 202 g/mol. The summed E-state index contributed by atoms with van der Waals surface area (Å²) in [6, 6.07) is 1.45. The summed E-state index contributed by atoms with van der Waals surface area (Å²) in [7, 11) is 0. The molecule has 76 valence electrons. The summed E-state index contributed by atoms with van der Waals surface area (Å²) >= 11 is 0. The highest BCUT2D eigenvalue weighted by molar-refractivity contribution is 5.31. The molecule has 3 N–H and O–H groups in total. The molecule has 0 saturated carbocycles. The molecular formula is C9H9F3N2. The zero-order valence-corrected chi connectivity index (χ0v) is 7.28. The third kappa shape index (κ3) is 1.29. The predicted octanol–water partition coefficient (Wildman–Crippen LogP) is 0.861. The fourth-order valence-electron chi connectivity index (χ4n) is 1.50. The Morgan fingerprint density at radius 3 is 2.36 bits per heavy atom. The van der Waals surface area contributed by atoms with Crippen molar-refractivity contribution in [1.29, 1.82) is 0 Å². The Kier molecular flexibility index (Phi) is 2.01. The summed E-state index contributed by atoms with van der Waals surface area (Å²) in [5, 5.41) is 2.83. The molecule has 0 amide bonds.